The van der Waals surface area contributed by atoms with Gasteiger partial charge in [-0.05, 0) is 41.7 Å². The first-order valence-electron chi connectivity index (χ1n) is 8.56. The molecule has 148 valence electrons. The predicted molar refractivity (Wildman–Crippen MR) is 116 cm³/mol. The first-order chi connectivity index (χ1) is 13.3. The molecule has 0 saturated carbocycles. The van der Waals surface area contributed by atoms with Gasteiger partial charge in [0, 0.05) is 29.0 Å². The maximum absolute atomic E-state index is 13.3. The number of nitrogens with two attached hydrogens (primary N) is 2. The van der Waals surface area contributed by atoms with Crippen molar-refractivity contribution in [2.24, 2.45) is 0 Å². The van der Waals surface area contributed by atoms with E-state index < -0.39 is 0 Å². The zero-order valence-electron chi connectivity index (χ0n) is 16.3. The molecular formula is C20H24FN5OS. The Morgan fingerprint density at radius 1 is 1.14 bits per heavy atom. The minimum absolute atomic E-state index is 0.109. The summed E-state index contributed by atoms with van der Waals surface area (Å²) in [5, 5.41) is 8.27. The maximum atomic E-state index is 13.3. The predicted octanol–water partition coefficient (Wildman–Crippen LogP) is 4.63. The van der Waals surface area contributed by atoms with Crippen LogP contribution in [0.25, 0.3) is 22.0 Å². The van der Waals surface area contributed by atoms with Crippen molar-refractivity contribution in [2.75, 3.05) is 24.8 Å². The fourth-order valence-electron chi connectivity index (χ4n) is 2.76. The van der Waals surface area contributed by atoms with Gasteiger partial charge in [0.2, 0.25) is 0 Å². The van der Waals surface area contributed by atoms with E-state index in [2.05, 4.69) is 14.2 Å². The lowest BCUT2D eigenvalue weighted by molar-refractivity contribution is 0.493. The normalized spacial score (nSPS) is 10.6. The van der Waals surface area contributed by atoms with Crippen LogP contribution in [0.15, 0.2) is 30.3 Å². The third-order valence-corrected chi connectivity index (χ3v) is 4.43. The highest BCUT2D eigenvalue weighted by Gasteiger charge is 2.19. The lowest BCUT2D eigenvalue weighted by Gasteiger charge is -2.17. The lowest BCUT2D eigenvalue weighted by atomic mass is 9.93. The zero-order valence-corrected chi connectivity index (χ0v) is 17.1. The van der Waals surface area contributed by atoms with Crippen LogP contribution in [-0.4, -0.2) is 29.5 Å². The van der Waals surface area contributed by atoms with E-state index in [-0.39, 0.29) is 17.6 Å². The second-order valence-corrected chi connectivity index (χ2v) is 6.92. The third kappa shape index (κ3) is 4.58. The first kappa shape index (κ1) is 21.6. The summed E-state index contributed by atoms with van der Waals surface area (Å²) in [6, 6.07) is 8.00. The number of nitrogens with one attached hydrogen (secondary N) is 1. The van der Waals surface area contributed by atoms with Gasteiger partial charge in [0.25, 0.3) is 0 Å². The van der Waals surface area contributed by atoms with Gasteiger partial charge in [0.15, 0.2) is 0 Å². The summed E-state index contributed by atoms with van der Waals surface area (Å²) in [6.07, 6.45) is 3.03. The van der Waals surface area contributed by atoms with E-state index in [9.17, 15) is 4.39 Å². The summed E-state index contributed by atoms with van der Waals surface area (Å²) in [7, 11) is 1.64. The van der Waals surface area contributed by atoms with Crippen molar-refractivity contribution in [3.8, 4) is 11.1 Å². The summed E-state index contributed by atoms with van der Waals surface area (Å²) in [6.45, 7) is 4.03. The molecule has 0 spiro atoms. The van der Waals surface area contributed by atoms with Crippen LogP contribution in [0.5, 0.6) is 0 Å². The van der Waals surface area contributed by atoms with Crippen LogP contribution in [-0.2, 0) is 4.18 Å². The Morgan fingerprint density at radius 3 is 2.25 bits per heavy atom. The van der Waals surface area contributed by atoms with Crippen LogP contribution in [0.1, 0.15) is 31.0 Å². The molecule has 0 amide bonds. The number of pyridine rings is 2. The minimum atomic E-state index is -0.305. The Balaban J connectivity index is 0.000000640. The van der Waals surface area contributed by atoms with Crippen molar-refractivity contribution >= 4 is 40.8 Å². The van der Waals surface area contributed by atoms with Gasteiger partial charge in [-0.2, -0.15) is 0 Å². The molecule has 0 unspecified atom stereocenters. The average molecular weight is 402 g/mol. The molecule has 0 aliphatic carbocycles. The van der Waals surface area contributed by atoms with Gasteiger partial charge in [0.05, 0.1) is 12.8 Å². The van der Waals surface area contributed by atoms with Crippen molar-refractivity contribution in [3.63, 3.8) is 0 Å². The number of nitrogen functional groups attached to an aromatic ring is 2. The molecule has 0 aliphatic heterocycles. The molecule has 2 heterocycles. The van der Waals surface area contributed by atoms with E-state index in [1.165, 1.54) is 24.2 Å². The van der Waals surface area contributed by atoms with E-state index in [0.29, 0.717) is 16.9 Å². The van der Waals surface area contributed by atoms with E-state index in [0.717, 1.165) is 28.4 Å². The molecule has 0 fully saturated rings. The number of rotatable bonds is 4. The monoisotopic (exact) mass is 401 g/mol. The van der Waals surface area contributed by atoms with Crippen LogP contribution in [0, 0.1) is 11.2 Å². The van der Waals surface area contributed by atoms with Crippen LogP contribution in [0.2, 0.25) is 0 Å². The van der Waals surface area contributed by atoms with E-state index in [1.807, 2.05) is 20.1 Å². The van der Waals surface area contributed by atoms with Gasteiger partial charge >= 0.3 is 0 Å². The Labute approximate surface area is 168 Å². The molecule has 2 aromatic heterocycles. The highest BCUT2D eigenvalue weighted by atomic mass is 32.2. The smallest absolute Gasteiger partial charge is 0.150 e. The number of aromatic nitrogens is 2. The summed E-state index contributed by atoms with van der Waals surface area (Å²) in [5.74, 6) is 0.328. The number of anilines is 2. The molecule has 3 aromatic rings. The second kappa shape index (κ2) is 9.48. The summed E-state index contributed by atoms with van der Waals surface area (Å²) >= 11 is 1.36. The third-order valence-electron chi connectivity index (χ3n) is 4.09. The number of nitrogens with zero attached hydrogens (tertiary/aromatic N) is 2. The summed E-state index contributed by atoms with van der Waals surface area (Å²) in [5.41, 5.74) is 15.4. The fraction of sp³-hybridized carbons (Fsp3) is 0.250. The number of hydrogen-bond acceptors (Lipinski definition) is 7. The second-order valence-electron chi connectivity index (χ2n) is 6.26. The topological polar surface area (TPSA) is 111 Å². The maximum Gasteiger partial charge on any atom is 0.150 e. The molecule has 0 saturated heterocycles. The molecule has 5 N–H and O–H groups in total. The zero-order chi connectivity index (χ0) is 20.8. The van der Waals surface area contributed by atoms with Crippen LogP contribution >= 0.6 is 12.0 Å². The summed E-state index contributed by atoms with van der Waals surface area (Å²) in [4.78, 5) is 8.82. The fourth-order valence-corrected chi connectivity index (χ4v) is 2.76. The van der Waals surface area contributed by atoms with Crippen molar-refractivity contribution in [1.82, 2.24) is 9.97 Å². The van der Waals surface area contributed by atoms with Crippen molar-refractivity contribution < 1.29 is 8.57 Å². The van der Waals surface area contributed by atoms with Crippen molar-refractivity contribution in [2.45, 2.75) is 19.8 Å². The summed E-state index contributed by atoms with van der Waals surface area (Å²) < 4.78 is 17.8. The highest BCUT2D eigenvalue weighted by molar-refractivity contribution is 7.93. The van der Waals surface area contributed by atoms with E-state index in [4.69, 9.17) is 16.9 Å². The Hall–Kier alpha value is -2.71. The van der Waals surface area contributed by atoms with Crippen LogP contribution in [0.4, 0.5) is 16.0 Å². The van der Waals surface area contributed by atoms with Gasteiger partial charge in [-0.3, -0.25) is 0 Å². The van der Waals surface area contributed by atoms with Gasteiger partial charge < -0.3 is 21.1 Å². The quantitative estimate of drug-likeness (QED) is 0.434. The Bertz CT molecular complexity index is 975. The Kier molecular flexibility index (Phi) is 7.31. The number of benzene rings is 1. The molecule has 28 heavy (non-hydrogen) atoms. The molecule has 0 radical (unpaired) electrons. The molecule has 6 nitrogen and oxygen atoms in total. The average Bonchev–Trinajstić information content (AvgIpc) is 2.68. The lowest BCUT2D eigenvalue weighted by Crippen LogP contribution is -2.06. The number of halogens is 1. The van der Waals surface area contributed by atoms with Gasteiger partial charge in [0.1, 0.15) is 23.0 Å². The molecule has 8 heteroatoms. The van der Waals surface area contributed by atoms with Crippen molar-refractivity contribution in [3.05, 3.63) is 47.4 Å². The first-order valence-corrected chi connectivity index (χ1v) is 9.71. The SMILES string of the molecule is CC(C)c1nc(N)c2nc(N)c(C=N)cc2c1-c1ccc(F)cc1.COSC. The van der Waals surface area contributed by atoms with Crippen molar-refractivity contribution in [1.29, 1.82) is 5.41 Å². The molecule has 1 aromatic carbocycles. The number of fused-ring (bicyclic) bond motifs is 1. The molecule has 0 aliphatic rings. The van der Waals surface area contributed by atoms with Crippen LogP contribution < -0.4 is 11.5 Å². The van der Waals surface area contributed by atoms with Gasteiger partial charge in [-0.1, -0.05) is 26.0 Å². The largest absolute Gasteiger partial charge is 0.383 e. The molecule has 0 bridgehead atoms. The van der Waals surface area contributed by atoms with Gasteiger partial charge in [-0.25, -0.2) is 14.4 Å². The molecular weight excluding hydrogens is 377 g/mol. The van der Waals surface area contributed by atoms with Gasteiger partial charge in [-0.15, -0.1) is 0 Å². The van der Waals surface area contributed by atoms with Crippen LogP contribution in [0.3, 0.4) is 0 Å². The molecule has 3 rings (SSSR count). The Morgan fingerprint density at radius 2 is 1.75 bits per heavy atom. The standard InChI is InChI=1S/C18H18FN5.C2H6OS/c1-9(2)15-14(10-3-5-12(19)6-4-10)13-7-11(8-20)17(21)24-16(13)18(22)23-15;1-3-4-2/h3-9,20H,1-2H3,(H2,21,24)(H2,22,23);1-2H3. The van der Waals surface area contributed by atoms with E-state index in [1.54, 1.807) is 25.3 Å². The molecule has 0 atom stereocenters. The highest BCUT2D eigenvalue weighted by Crippen LogP contribution is 2.37. The van der Waals surface area contributed by atoms with E-state index >= 15 is 0 Å². The number of hydrogen-bond donors (Lipinski definition) is 3. The minimum Gasteiger partial charge on any atom is -0.383 e.